The maximum Gasteiger partial charge on any atom is 0.317 e. The van der Waals surface area contributed by atoms with Crippen LogP contribution in [0.2, 0.25) is 0 Å². The van der Waals surface area contributed by atoms with Crippen LogP contribution in [0.1, 0.15) is 36.8 Å². The molecule has 0 spiro atoms. The van der Waals surface area contributed by atoms with E-state index >= 15 is 0 Å². The number of hydrogen-bond acceptors (Lipinski definition) is 4. The van der Waals surface area contributed by atoms with Gasteiger partial charge < -0.3 is 19.6 Å². The van der Waals surface area contributed by atoms with Gasteiger partial charge in [-0.1, -0.05) is 12.1 Å². The van der Waals surface area contributed by atoms with Crippen molar-refractivity contribution >= 4 is 6.03 Å². The van der Waals surface area contributed by atoms with Gasteiger partial charge in [0, 0.05) is 25.7 Å². The highest BCUT2D eigenvalue weighted by atomic mass is 16.5. The van der Waals surface area contributed by atoms with E-state index < -0.39 is 0 Å². The molecule has 2 amide bonds. The Labute approximate surface area is 132 Å². The van der Waals surface area contributed by atoms with Gasteiger partial charge in [-0.3, -0.25) is 0 Å². The average molecular weight is 308 g/mol. The van der Waals surface area contributed by atoms with Crippen LogP contribution >= 0.6 is 0 Å². The fraction of sp³-hybridized carbons (Fsp3) is 0.750. The van der Waals surface area contributed by atoms with E-state index in [2.05, 4.69) is 22.3 Å². The molecule has 2 heterocycles. The lowest BCUT2D eigenvalue weighted by Crippen LogP contribution is -2.42. The van der Waals surface area contributed by atoms with Crippen molar-refractivity contribution in [2.45, 2.75) is 40.2 Å². The molecule has 0 aromatic carbocycles. The number of nitrogens with zero attached hydrogens (tertiary/aromatic N) is 3. The summed E-state index contributed by atoms with van der Waals surface area (Å²) in [6.45, 7) is 10.5. The van der Waals surface area contributed by atoms with Crippen LogP contribution in [-0.2, 0) is 6.54 Å². The second kappa shape index (κ2) is 7.63. The van der Waals surface area contributed by atoms with Crippen molar-refractivity contribution in [1.82, 2.24) is 20.3 Å². The van der Waals surface area contributed by atoms with Crippen molar-refractivity contribution < 1.29 is 9.32 Å². The minimum absolute atomic E-state index is 0.0506. The quantitative estimate of drug-likeness (QED) is 0.905. The minimum Gasteiger partial charge on any atom is -0.361 e. The molecule has 1 aromatic heterocycles. The lowest BCUT2D eigenvalue weighted by atomic mass is 9.99. The van der Waals surface area contributed by atoms with Gasteiger partial charge in [-0.15, -0.1) is 0 Å². The first-order chi connectivity index (χ1) is 10.5. The van der Waals surface area contributed by atoms with E-state index in [0.717, 1.165) is 42.6 Å². The highest BCUT2D eigenvalue weighted by Gasteiger charge is 2.17. The van der Waals surface area contributed by atoms with Crippen molar-refractivity contribution in [1.29, 1.82) is 0 Å². The molecule has 0 aliphatic carbocycles. The summed E-state index contributed by atoms with van der Waals surface area (Å²) in [6.07, 6.45) is 2.53. The third-order valence-electron chi connectivity index (χ3n) is 4.50. The summed E-state index contributed by atoms with van der Waals surface area (Å²) >= 11 is 0. The molecule has 22 heavy (non-hydrogen) atoms. The van der Waals surface area contributed by atoms with E-state index in [0.29, 0.717) is 13.1 Å². The molecule has 6 heteroatoms. The lowest BCUT2D eigenvalue weighted by molar-refractivity contribution is 0.184. The summed E-state index contributed by atoms with van der Waals surface area (Å²) in [4.78, 5) is 16.2. The maximum absolute atomic E-state index is 12.1. The number of nitrogens with one attached hydrogen (secondary N) is 1. The van der Waals surface area contributed by atoms with Crippen LogP contribution < -0.4 is 5.32 Å². The third kappa shape index (κ3) is 4.47. The van der Waals surface area contributed by atoms with E-state index in [1.807, 2.05) is 13.8 Å². The molecule has 1 aromatic rings. The van der Waals surface area contributed by atoms with Gasteiger partial charge in [0.1, 0.15) is 5.76 Å². The Hall–Kier alpha value is -1.56. The second-order valence-electron chi connectivity index (χ2n) is 6.41. The number of likely N-dealkylation sites (tertiary alicyclic amines) is 1. The molecule has 0 unspecified atom stereocenters. The Bertz CT molecular complexity index is 473. The molecular formula is C16H28N4O2. The van der Waals surface area contributed by atoms with Crippen LogP contribution in [0.15, 0.2) is 4.52 Å². The normalized spacial score (nSPS) is 16.7. The zero-order chi connectivity index (χ0) is 16.1. The predicted molar refractivity (Wildman–Crippen MR) is 85.7 cm³/mol. The van der Waals surface area contributed by atoms with Crippen molar-refractivity contribution in [2.75, 3.05) is 33.2 Å². The summed E-state index contributed by atoms with van der Waals surface area (Å²) in [7, 11) is 1.80. The van der Waals surface area contributed by atoms with Crippen molar-refractivity contribution in [2.24, 2.45) is 5.92 Å². The topological polar surface area (TPSA) is 61.6 Å². The summed E-state index contributed by atoms with van der Waals surface area (Å²) in [6, 6.07) is -0.0506. The predicted octanol–water partition coefficient (Wildman–Crippen LogP) is 2.16. The van der Waals surface area contributed by atoms with Gasteiger partial charge in [-0.2, -0.15) is 0 Å². The number of aromatic nitrogens is 1. The molecule has 0 atom stereocenters. The number of hydrogen-bond donors (Lipinski definition) is 1. The Balaban J connectivity index is 1.70. The molecular weight excluding hydrogens is 280 g/mol. The Morgan fingerprint density at radius 1 is 1.41 bits per heavy atom. The van der Waals surface area contributed by atoms with Crippen LogP contribution in [0, 0.1) is 19.8 Å². The van der Waals surface area contributed by atoms with E-state index in [9.17, 15) is 4.79 Å². The monoisotopic (exact) mass is 308 g/mol. The zero-order valence-corrected chi connectivity index (χ0v) is 14.2. The Kier molecular flexibility index (Phi) is 5.83. The van der Waals surface area contributed by atoms with Gasteiger partial charge in [0.25, 0.3) is 0 Å². The molecule has 1 N–H and O–H groups in total. The van der Waals surface area contributed by atoms with Crippen molar-refractivity contribution in [3.63, 3.8) is 0 Å². The Morgan fingerprint density at radius 3 is 2.68 bits per heavy atom. The summed E-state index contributed by atoms with van der Waals surface area (Å²) in [5, 5.41) is 6.90. The van der Waals surface area contributed by atoms with E-state index in [4.69, 9.17) is 4.52 Å². The molecule has 0 bridgehead atoms. The van der Waals surface area contributed by atoms with Gasteiger partial charge in [-0.05, 0) is 45.7 Å². The average Bonchev–Trinajstić information content (AvgIpc) is 2.81. The molecule has 0 radical (unpaired) electrons. The van der Waals surface area contributed by atoms with Gasteiger partial charge >= 0.3 is 6.03 Å². The zero-order valence-electron chi connectivity index (χ0n) is 14.2. The van der Waals surface area contributed by atoms with Gasteiger partial charge in [-0.25, -0.2) is 4.79 Å². The molecule has 6 nitrogen and oxygen atoms in total. The smallest absolute Gasteiger partial charge is 0.317 e. The van der Waals surface area contributed by atoms with E-state index in [-0.39, 0.29) is 6.03 Å². The SMILES string of the molecule is Cc1noc(C)c1CN(C)C(=O)NCCN1CCC(C)CC1. The van der Waals surface area contributed by atoms with E-state index in [1.165, 1.54) is 12.8 Å². The first-order valence-electron chi connectivity index (χ1n) is 8.10. The summed E-state index contributed by atoms with van der Waals surface area (Å²) < 4.78 is 5.13. The number of amides is 2. The largest absolute Gasteiger partial charge is 0.361 e. The fourth-order valence-corrected chi connectivity index (χ4v) is 2.78. The summed E-state index contributed by atoms with van der Waals surface area (Å²) in [5.74, 6) is 1.62. The van der Waals surface area contributed by atoms with Crippen LogP contribution in [-0.4, -0.2) is 54.2 Å². The molecule has 124 valence electrons. The van der Waals surface area contributed by atoms with E-state index in [1.54, 1.807) is 11.9 Å². The van der Waals surface area contributed by atoms with Gasteiger partial charge in [0.15, 0.2) is 0 Å². The molecule has 1 aliphatic rings. The number of piperidine rings is 1. The molecule has 2 rings (SSSR count). The van der Waals surface area contributed by atoms with Crippen LogP contribution in [0.3, 0.4) is 0 Å². The third-order valence-corrected chi connectivity index (χ3v) is 4.50. The second-order valence-corrected chi connectivity index (χ2v) is 6.41. The van der Waals surface area contributed by atoms with Crippen LogP contribution in [0.5, 0.6) is 0 Å². The van der Waals surface area contributed by atoms with Crippen molar-refractivity contribution in [3.05, 3.63) is 17.0 Å². The standard InChI is InChI=1S/C16H28N4O2/c1-12-5-8-20(9-6-12)10-7-17-16(21)19(4)11-15-13(2)18-22-14(15)3/h12H,5-11H2,1-4H3,(H,17,21). The molecule has 1 saturated heterocycles. The summed E-state index contributed by atoms with van der Waals surface area (Å²) in [5.41, 5.74) is 1.84. The fourth-order valence-electron chi connectivity index (χ4n) is 2.78. The van der Waals surface area contributed by atoms with Crippen LogP contribution in [0.4, 0.5) is 4.79 Å². The number of aryl methyl sites for hydroxylation is 2. The number of carbonyl (C=O) groups is 1. The Morgan fingerprint density at radius 2 is 2.09 bits per heavy atom. The first kappa shape index (κ1) is 16.8. The maximum atomic E-state index is 12.1. The highest BCUT2D eigenvalue weighted by Crippen LogP contribution is 2.15. The first-order valence-corrected chi connectivity index (χ1v) is 8.10. The molecule has 1 fully saturated rings. The highest BCUT2D eigenvalue weighted by molar-refractivity contribution is 5.73. The molecule has 0 saturated carbocycles. The molecule has 1 aliphatic heterocycles. The number of urea groups is 1. The lowest BCUT2D eigenvalue weighted by Gasteiger charge is -2.30. The van der Waals surface area contributed by atoms with Gasteiger partial charge in [0.05, 0.1) is 12.2 Å². The van der Waals surface area contributed by atoms with Gasteiger partial charge in [0.2, 0.25) is 0 Å². The number of carbonyl (C=O) groups excluding carboxylic acids is 1. The number of rotatable bonds is 5. The van der Waals surface area contributed by atoms with Crippen LogP contribution in [0.25, 0.3) is 0 Å². The minimum atomic E-state index is -0.0506. The van der Waals surface area contributed by atoms with Crippen molar-refractivity contribution in [3.8, 4) is 0 Å².